The molecular formula is C57H102O6. The zero-order valence-corrected chi connectivity index (χ0v) is 41.8. The van der Waals surface area contributed by atoms with Gasteiger partial charge in [0.15, 0.2) is 6.10 Å². The minimum absolute atomic E-state index is 0.0838. The van der Waals surface area contributed by atoms with Crippen LogP contribution in [0.25, 0.3) is 0 Å². The predicted octanol–water partition coefficient (Wildman–Crippen LogP) is 17.9. The average molecular weight is 883 g/mol. The van der Waals surface area contributed by atoms with Crippen molar-refractivity contribution in [3.8, 4) is 0 Å². The molecule has 0 aliphatic heterocycles. The lowest BCUT2D eigenvalue weighted by molar-refractivity contribution is -0.167. The Morgan fingerprint density at radius 2 is 0.571 bits per heavy atom. The Kier molecular flexibility index (Phi) is 49.8. The van der Waals surface area contributed by atoms with Crippen molar-refractivity contribution in [2.24, 2.45) is 0 Å². The van der Waals surface area contributed by atoms with Crippen molar-refractivity contribution in [1.82, 2.24) is 0 Å². The van der Waals surface area contributed by atoms with Crippen molar-refractivity contribution in [2.75, 3.05) is 13.2 Å². The molecule has 0 radical (unpaired) electrons. The Balaban J connectivity index is 4.35. The van der Waals surface area contributed by atoms with Crippen molar-refractivity contribution in [3.63, 3.8) is 0 Å². The van der Waals surface area contributed by atoms with Gasteiger partial charge in [0.1, 0.15) is 13.2 Å². The molecule has 6 heteroatoms. The first-order chi connectivity index (χ1) is 31.0. The number of ether oxygens (including phenoxy) is 3. The molecule has 0 saturated heterocycles. The van der Waals surface area contributed by atoms with Crippen LogP contribution in [0.2, 0.25) is 0 Å². The van der Waals surface area contributed by atoms with Crippen LogP contribution in [-0.4, -0.2) is 37.2 Å². The van der Waals surface area contributed by atoms with E-state index >= 15 is 0 Å². The highest BCUT2D eigenvalue weighted by molar-refractivity contribution is 5.71. The van der Waals surface area contributed by atoms with Gasteiger partial charge in [0.2, 0.25) is 0 Å². The summed E-state index contributed by atoms with van der Waals surface area (Å²) in [6.07, 6.45) is 62.4. The molecule has 0 aliphatic rings. The highest BCUT2D eigenvalue weighted by Gasteiger charge is 2.19. The van der Waals surface area contributed by atoms with Gasteiger partial charge in [0.05, 0.1) is 0 Å². The minimum atomic E-state index is -0.785. The maximum Gasteiger partial charge on any atom is 0.306 e. The molecule has 0 unspecified atom stereocenters. The van der Waals surface area contributed by atoms with Crippen LogP contribution in [0.5, 0.6) is 0 Å². The summed E-state index contributed by atoms with van der Waals surface area (Å²) in [4.78, 5) is 38.0. The van der Waals surface area contributed by atoms with E-state index in [4.69, 9.17) is 14.2 Å². The van der Waals surface area contributed by atoms with Crippen LogP contribution in [0.15, 0.2) is 48.6 Å². The van der Waals surface area contributed by atoms with E-state index in [1.165, 1.54) is 167 Å². The number of allylic oxidation sites excluding steroid dienone is 8. The molecule has 0 fully saturated rings. The first kappa shape index (κ1) is 60.4. The van der Waals surface area contributed by atoms with Gasteiger partial charge < -0.3 is 14.2 Å². The third-order valence-electron chi connectivity index (χ3n) is 11.8. The molecule has 0 N–H and O–H groups in total. The molecule has 0 aromatic carbocycles. The maximum absolute atomic E-state index is 12.8. The molecule has 1 atom stereocenters. The Morgan fingerprint density at radius 1 is 0.317 bits per heavy atom. The zero-order valence-electron chi connectivity index (χ0n) is 41.8. The van der Waals surface area contributed by atoms with Crippen LogP contribution in [0.4, 0.5) is 0 Å². The maximum atomic E-state index is 12.8. The molecule has 63 heavy (non-hydrogen) atoms. The molecule has 0 aromatic heterocycles. The number of hydrogen-bond donors (Lipinski definition) is 0. The van der Waals surface area contributed by atoms with Gasteiger partial charge in [-0.1, -0.05) is 223 Å². The molecule has 0 bridgehead atoms. The van der Waals surface area contributed by atoms with Gasteiger partial charge in [0.25, 0.3) is 0 Å². The fourth-order valence-electron chi connectivity index (χ4n) is 7.68. The second-order valence-electron chi connectivity index (χ2n) is 18.1. The average Bonchev–Trinajstić information content (AvgIpc) is 3.28. The van der Waals surface area contributed by atoms with Gasteiger partial charge in [-0.3, -0.25) is 14.4 Å². The molecule has 0 aromatic rings. The second kappa shape index (κ2) is 52.0. The largest absolute Gasteiger partial charge is 0.462 e. The van der Waals surface area contributed by atoms with Crippen molar-refractivity contribution in [1.29, 1.82) is 0 Å². The van der Waals surface area contributed by atoms with E-state index < -0.39 is 6.10 Å². The number of hydrogen-bond acceptors (Lipinski definition) is 6. The van der Waals surface area contributed by atoms with Crippen LogP contribution >= 0.6 is 0 Å². The summed E-state index contributed by atoms with van der Waals surface area (Å²) in [5.74, 6) is -0.917. The van der Waals surface area contributed by atoms with Crippen LogP contribution in [0, 0.1) is 0 Å². The smallest absolute Gasteiger partial charge is 0.306 e. The summed E-state index contributed by atoms with van der Waals surface area (Å²) < 4.78 is 16.8. The van der Waals surface area contributed by atoms with Crippen LogP contribution in [0.3, 0.4) is 0 Å². The minimum Gasteiger partial charge on any atom is -0.462 e. The predicted molar refractivity (Wildman–Crippen MR) is 270 cm³/mol. The third-order valence-corrected chi connectivity index (χ3v) is 11.8. The van der Waals surface area contributed by atoms with Gasteiger partial charge in [0, 0.05) is 19.3 Å². The van der Waals surface area contributed by atoms with E-state index in [2.05, 4.69) is 69.4 Å². The standard InChI is InChI=1S/C57H102O6/c1-4-7-10-13-16-19-22-24-26-27-28-29-31-33-36-38-41-44-47-50-56(59)62-53-54(63-57(60)51-48-45-42-39-34-21-18-15-12-9-6-3)52-61-55(58)49-46-43-40-37-35-32-30-25-23-20-17-14-11-8-5-2/h17,20,24-26,30,35,37,54H,4-16,18-19,21-23,27-29,31-34,36,38-53H2,1-3H3/b20-17-,26-24-,30-25-,37-35-/t54-/m1/s1. The lowest BCUT2D eigenvalue weighted by Crippen LogP contribution is -2.30. The summed E-state index contributed by atoms with van der Waals surface area (Å²) in [5.41, 5.74) is 0. The van der Waals surface area contributed by atoms with Gasteiger partial charge in [-0.2, -0.15) is 0 Å². The topological polar surface area (TPSA) is 78.9 Å². The Bertz CT molecular complexity index is 1110. The summed E-state index contributed by atoms with van der Waals surface area (Å²) >= 11 is 0. The Hall–Kier alpha value is -2.63. The van der Waals surface area contributed by atoms with Crippen LogP contribution in [-0.2, 0) is 28.6 Å². The fraction of sp³-hybridized carbons (Fsp3) is 0.807. The van der Waals surface area contributed by atoms with Crippen molar-refractivity contribution >= 4 is 17.9 Å². The summed E-state index contributed by atoms with van der Waals surface area (Å²) in [7, 11) is 0. The first-order valence-electron chi connectivity index (χ1n) is 27.1. The molecule has 0 saturated carbocycles. The molecule has 0 amide bonds. The summed E-state index contributed by atoms with van der Waals surface area (Å²) in [6, 6.07) is 0. The van der Waals surface area contributed by atoms with Crippen molar-refractivity contribution in [2.45, 2.75) is 284 Å². The van der Waals surface area contributed by atoms with Crippen molar-refractivity contribution < 1.29 is 28.6 Å². The van der Waals surface area contributed by atoms with Gasteiger partial charge >= 0.3 is 17.9 Å². The molecule has 0 aliphatic carbocycles. The highest BCUT2D eigenvalue weighted by Crippen LogP contribution is 2.15. The normalized spacial score (nSPS) is 12.4. The third kappa shape index (κ3) is 50.2. The lowest BCUT2D eigenvalue weighted by atomic mass is 10.1. The van der Waals surface area contributed by atoms with E-state index in [0.717, 1.165) is 70.6 Å². The highest BCUT2D eigenvalue weighted by atomic mass is 16.6. The molecule has 0 spiro atoms. The number of esters is 3. The molecule has 0 rings (SSSR count). The quantitative estimate of drug-likeness (QED) is 0.0262. The zero-order chi connectivity index (χ0) is 45.8. The molecule has 0 heterocycles. The van der Waals surface area contributed by atoms with E-state index in [9.17, 15) is 14.4 Å². The number of rotatable bonds is 49. The SMILES string of the molecule is CCCCC/C=C\C/C=C\C/C=C\CCCCC(=O)OC[C@H](COC(=O)CCCCCCCCCCC/C=C\CCCCCCCC)OC(=O)CCCCCCCCCCCCC. The van der Waals surface area contributed by atoms with Gasteiger partial charge in [-0.25, -0.2) is 0 Å². The van der Waals surface area contributed by atoms with E-state index in [0.29, 0.717) is 19.3 Å². The van der Waals surface area contributed by atoms with Gasteiger partial charge in [-0.05, 0) is 83.5 Å². The van der Waals surface area contributed by atoms with E-state index in [1.807, 2.05) is 0 Å². The Morgan fingerprint density at radius 3 is 0.968 bits per heavy atom. The van der Waals surface area contributed by atoms with E-state index in [1.54, 1.807) is 0 Å². The fourth-order valence-corrected chi connectivity index (χ4v) is 7.68. The lowest BCUT2D eigenvalue weighted by Gasteiger charge is -2.18. The number of carbonyl (C=O) groups excluding carboxylic acids is 3. The van der Waals surface area contributed by atoms with Crippen LogP contribution < -0.4 is 0 Å². The number of unbranched alkanes of at least 4 members (excludes halogenated alkanes) is 30. The van der Waals surface area contributed by atoms with Gasteiger partial charge in [-0.15, -0.1) is 0 Å². The monoisotopic (exact) mass is 883 g/mol. The molecule has 6 nitrogen and oxygen atoms in total. The Labute approximate surface area is 390 Å². The van der Waals surface area contributed by atoms with Crippen molar-refractivity contribution in [3.05, 3.63) is 48.6 Å². The summed E-state index contributed by atoms with van der Waals surface area (Å²) in [5, 5.41) is 0. The number of carbonyl (C=O) groups is 3. The van der Waals surface area contributed by atoms with Crippen LogP contribution in [0.1, 0.15) is 278 Å². The molecule has 366 valence electrons. The molecular weight excluding hydrogens is 781 g/mol. The van der Waals surface area contributed by atoms with E-state index in [-0.39, 0.29) is 31.1 Å². The first-order valence-corrected chi connectivity index (χ1v) is 27.1. The summed E-state index contributed by atoms with van der Waals surface area (Å²) in [6.45, 7) is 6.58. The second-order valence-corrected chi connectivity index (χ2v) is 18.1.